The number of aliphatic hydroxyl groups is 1. The lowest BCUT2D eigenvalue weighted by Crippen LogP contribution is -2.39. The highest BCUT2D eigenvalue weighted by molar-refractivity contribution is 14.0. The number of rotatable bonds is 9. The summed E-state index contributed by atoms with van der Waals surface area (Å²) in [5.74, 6) is 2.07. The van der Waals surface area contributed by atoms with Gasteiger partial charge in [0.05, 0.1) is 17.9 Å². The molecule has 3 N–H and O–H groups in total. The second-order valence-electron chi connectivity index (χ2n) is 6.47. The molecule has 0 bridgehead atoms. The fourth-order valence-electron chi connectivity index (χ4n) is 2.47. The van der Waals surface area contributed by atoms with Crippen molar-refractivity contribution in [2.75, 3.05) is 13.1 Å². The third kappa shape index (κ3) is 8.05. The number of benzene rings is 1. The van der Waals surface area contributed by atoms with Crippen LogP contribution in [0.5, 0.6) is 5.75 Å². The zero-order valence-electron chi connectivity index (χ0n) is 16.9. The quantitative estimate of drug-likeness (QED) is 0.277. The minimum atomic E-state index is -0.679. The molecule has 2 rings (SSSR count). The van der Waals surface area contributed by atoms with Gasteiger partial charge in [0.15, 0.2) is 11.7 Å². The zero-order valence-corrected chi connectivity index (χ0v) is 19.3. The van der Waals surface area contributed by atoms with Crippen molar-refractivity contribution in [3.63, 3.8) is 0 Å². The van der Waals surface area contributed by atoms with Gasteiger partial charge in [-0.25, -0.2) is 4.99 Å². The Morgan fingerprint density at radius 1 is 1.25 bits per heavy atom. The number of halogens is 1. The molecular weight excluding hydrogens is 471 g/mol. The maximum absolute atomic E-state index is 10.5. The van der Waals surface area contributed by atoms with Gasteiger partial charge in [-0.1, -0.05) is 24.2 Å². The molecule has 0 aliphatic heterocycles. The maximum atomic E-state index is 10.5. The predicted octanol–water partition coefficient (Wildman–Crippen LogP) is 3.43. The first kappa shape index (κ1) is 24.2. The van der Waals surface area contributed by atoms with E-state index in [4.69, 9.17) is 9.26 Å². The van der Waals surface area contributed by atoms with Crippen LogP contribution in [0.3, 0.4) is 0 Å². The van der Waals surface area contributed by atoms with E-state index >= 15 is 0 Å². The molecule has 2 aromatic rings. The topological polar surface area (TPSA) is 91.9 Å². The van der Waals surface area contributed by atoms with E-state index in [1.54, 1.807) is 0 Å². The van der Waals surface area contributed by atoms with Crippen molar-refractivity contribution in [3.05, 3.63) is 47.3 Å². The number of hydrogen-bond acceptors (Lipinski definition) is 5. The van der Waals surface area contributed by atoms with Crippen LogP contribution in [0.15, 0.2) is 39.8 Å². The highest BCUT2D eigenvalue weighted by atomic mass is 127. The summed E-state index contributed by atoms with van der Waals surface area (Å²) in [5.41, 5.74) is 1.71. The normalized spacial score (nSPS) is 12.4. The number of hydrogen-bond donors (Lipinski definition) is 3. The molecule has 28 heavy (non-hydrogen) atoms. The van der Waals surface area contributed by atoms with Gasteiger partial charge in [-0.05, 0) is 44.9 Å². The molecule has 156 valence electrons. The van der Waals surface area contributed by atoms with Gasteiger partial charge in [0, 0.05) is 19.2 Å². The van der Waals surface area contributed by atoms with Crippen LogP contribution in [0.25, 0.3) is 0 Å². The lowest BCUT2D eigenvalue weighted by molar-refractivity contribution is 0.179. The van der Waals surface area contributed by atoms with Gasteiger partial charge in [0.1, 0.15) is 12.3 Å². The zero-order chi connectivity index (χ0) is 19.6. The van der Waals surface area contributed by atoms with Gasteiger partial charge in [0.2, 0.25) is 0 Å². The summed E-state index contributed by atoms with van der Waals surface area (Å²) in [7, 11) is 0. The van der Waals surface area contributed by atoms with E-state index in [0.29, 0.717) is 24.8 Å². The molecule has 1 heterocycles. The van der Waals surface area contributed by atoms with Crippen LogP contribution in [0.1, 0.15) is 50.8 Å². The predicted molar refractivity (Wildman–Crippen MR) is 121 cm³/mol. The van der Waals surface area contributed by atoms with Crippen molar-refractivity contribution >= 4 is 29.9 Å². The Labute approximate surface area is 184 Å². The van der Waals surface area contributed by atoms with Crippen LogP contribution in [0.4, 0.5) is 0 Å². The Morgan fingerprint density at radius 2 is 2.04 bits per heavy atom. The molecular formula is C20H31IN4O3. The highest BCUT2D eigenvalue weighted by Gasteiger charge is 2.10. The van der Waals surface area contributed by atoms with Gasteiger partial charge in [-0.2, -0.15) is 0 Å². The van der Waals surface area contributed by atoms with Crippen LogP contribution in [-0.2, 0) is 13.0 Å². The van der Waals surface area contributed by atoms with Crippen LogP contribution in [-0.4, -0.2) is 35.4 Å². The van der Waals surface area contributed by atoms with Crippen molar-refractivity contribution in [1.29, 1.82) is 0 Å². The van der Waals surface area contributed by atoms with Gasteiger partial charge >= 0.3 is 0 Å². The van der Waals surface area contributed by atoms with Gasteiger partial charge < -0.3 is 25.0 Å². The summed E-state index contributed by atoms with van der Waals surface area (Å²) in [6.45, 7) is 9.40. The fourth-order valence-corrected chi connectivity index (χ4v) is 2.47. The average Bonchev–Trinajstić information content (AvgIpc) is 3.11. The van der Waals surface area contributed by atoms with E-state index in [1.807, 2.05) is 58.0 Å². The number of aliphatic imine (C=N–C) groups is 1. The van der Waals surface area contributed by atoms with Crippen LogP contribution < -0.4 is 15.4 Å². The van der Waals surface area contributed by atoms with E-state index < -0.39 is 6.10 Å². The third-order valence-electron chi connectivity index (χ3n) is 3.78. The summed E-state index contributed by atoms with van der Waals surface area (Å²) in [6, 6.07) is 9.41. The summed E-state index contributed by atoms with van der Waals surface area (Å²) in [5, 5.41) is 20.8. The van der Waals surface area contributed by atoms with Crippen LogP contribution in [0, 0.1) is 0 Å². The molecule has 0 aliphatic carbocycles. The number of guanidine groups is 1. The maximum Gasteiger partial charge on any atom is 0.191 e. The number of nitrogens with one attached hydrogen (secondary N) is 2. The van der Waals surface area contributed by atoms with E-state index in [0.717, 1.165) is 30.0 Å². The number of nitrogens with zero attached hydrogens (tertiary/aromatic N) is 2. The van der Waals surface area contributed by atoms with E-state index in [9.17, 15) is 5.11 Å². The Bertz CT molecular complexity index is 734. The van der Waals surface area contributed by atoms with Crippen molar-refractivity contribution < 1.29 is 14.4 Å². The highest BCUT2D eigenvalue weighted by Crippen LogP contribution is 2.20. The molecule has 7 nitrogen and oxygen atoms in total. The van der Waals surface area contributed by atoms with Crippen molar-refractivity contribution in [1.82, 2.24) is 15.8 Å². The number of aliphatic hydroxyl groups excluding tert-OH is 1. The second kappa shape index (κ2) is 12.6. The smallest absolute Gasteiger partial charge is 0.191 e. The Morgan fingerprint density at radius 3 is 2.68 bits per heavy atom. The molecule has 1 atom stereocenters. The SMILES string of the molecule is CCNC(=NCc1cc(CC)no1)NCC(O)c1cccc(OC(C)C)c1.I. The molecule has 0 saturated carbocycles. The van der Waals surface area contributed by atoms with Crippen molar-refractivity contribution in [2.45, 2.75) is 52.9 Å². The van der Waals surface area contributed by atoms with Gasteiger partial charge in [-0.3, -0.25) is 0 Å². The van der Waals surface area contributed by atoms with Crippen LogP contribution in [0.2, 0.25) is 0 Å². The third-order valence-corrected chi connectivity index (χ3v) is 3.78. The average molecular weight is 502 g/mol. The van der Waals surface area contributed by atoms with Crippen molar-refractivity contribution in [3.8, 4) is 5.75 Å². The number of aromatic nitrogens is 1. The van der Waals surface area contributed by atoms with Gasteiger partial charge in [0.25, 0.3) is 0 Å². The van der Waals surface area contributed by atoms with Crippen molar-refractivity contribution in [2.24, 2.45) is 4.99 Å². The first-order valence-corrected chi connectivity index (χ1v) is 9.43. The van der Waals surface area contributed by atoms with E-state index in [-0.39, 0.29) is 30.1 Å². The summed E-state index contributed by atoms with van der Waals surface area (Å²) >= 11 is 0. The second-order valence-corrected chi connectivity index (χ2v) is 6.47. The summed E-state index contributed by atoms with van der Waals surface area (Å²) < 4.78 is 10.9. The summed E-state index contributed by atoms with van der Waals surface area (Å²) in [4.78, 5) is 4.48. The molecule has 0 radical (unpaired) electrons. The molecule has 1 aromatic carbocycles. The van der Waals surface area contributed by atoms with E-state index in [1.165, 1.54) is 0 Å². The number of aryl methyl sites for hydroxylation is 1. The fraction of sp³-hybridized carbons (Fsp3) is 0.500. The molecule has 1 aromatic heterocycles. The standard InChI is InChI=1S/C20H30N4O3.HI/c1-5-16-11-18(27-24-16)12-22-20(21-6-2)23-13-19(25)15-8-7-9-17(10-15)26-14(3)4;/h7-11,14,19,25H,5-6,12-13H2,1-4H3,(H2,21,22,23);1H. The molecule has 0 saturated heterocycles. The molecule has 0 spiro atoms. The Kier molecular flexibility index (Phi) is 10.9. The first-order valence-electron chi connectivity index (χ1n) is 9.43. The van der Waals surface area contributed by atoms with Crippen LogP contribution >= 0.6 is 24.0 Å². The molecule has 1 unspecified atom stereocenters. The minimum absolute atomic E-state index is 0. The molecule has 8 heteroatoms. The van der Waals surface area contributed by atoms with E-state index in [2.05, 4.69) is 20.8 Å². The minimum Gasteiger partial charge on any atom is -0.491 e. The molecule has 0 amide bonds. The lowest BCUT2D eigenvalue weighted by Gasteiger charge is -2.17. The molecule has 0 aliphatic rings. The molecule has 0 fully saturated rings. The Hall–Kier alpha value is -1.81. The summed E-state index contributed by atoms with van der Waals surface area (Å²) in [6.07, 6.45) is 0.242. The van der Waals surface area contributed by atoms with Gasteiger partial charge in [-0.15, -0.1) is 24.0 Å². The number of ether oxygens (including phenoxy) is 1. The largest absolute Gasteiger partial charge is 0.491 e. The monoisotopic (exact) mass is 502 g/mol. The lowest BCUT2D eigenvalue weighted by atomic mass is 10.1. The Balaban J connectivity index is 0.00000392. The first-order chi connectivity index (χ1) is 13.0.